The zero-order valence-corrected chi connectivity index (χ0v) is 26.2. The van der Waals surface area contributed by atoms with E-state index in [1.165, 1.54) is 44.1 Å². The molecule has 5 heteroatoms. The highest BCUT2D eigenvalue weighted by atomic mass is 16.5. The van der Waals surface area contributed by atoms with Gasteiger partial charge in [0.15, 0.2) is 5.75 Å². The number of hydrogen-bond acceptors (Lipinski definition) is 4. The van der Waals surface area contributed by atoms with Gasteiger partial charge >= 0.3 is 0 Å². The first-order chi connectivity index (χ1) is 20.1. The van der Waals surface area contributed by atoms with Crippen molar-refractivity contribution in [2.45, 2.75) is 118 Å². The Hall–Kier alpha value is -2.95. The highest BCUT2D eigenvalue weighted by Gasteiger charge is 2.21. The molecule has 0 amide bonds. The summed E-state index contributed by atoms with van der Waals surface area (Å²) in [7, 11) is 0. The minimum atomic E-state index is -0.0708. The minimum Gasteiger partial charge on any atom is -0.489 e. The first-order valence-electron chi connectivity index (χ1n) is 16.3. The first-order valence-corrected chi connectivity index (χ1v) is 16.3. The van der Waals surface area contributed by atoms with Crippen LogP contribution < -0.4 is 20.3 Å². The maximum atomic E-state index is 14.1. The fourth-order valence-corrected chi connectivity index (χ4v) is 5.36. The Morgan fingerprint density at radius 2 is 1.49 bits per heavy atom. The Balaban J connectivity index is 1.97. The lowest BCUT2D eigenvalue weighted by Gasteiger charge is -2.21. The molecule has 0 aliphatic heterocycles. The smallest absolute Gasteiger partial charge is 0.297 e. The molecule has 0 saturated carbocycles. The molecule has 3 aromatic rings. The lowest BCUT2D eigenvalue weighted by Crippen LogP contribution is -2.25. The summed E-state index contributed by atoms with van der Waals surface area (Å²) in [6.45, 7) is 11.4. The van der Waals surface area contributed by atoms with Crippen LogP contribution in [0.2, 0.25) is 0 Å². The fourth-order valence-electron chi connectivity index (χ4n) is 5.36. The summed E-state index contributed by atoms with van der Waals surface area (Å²) in [6.07, 6.45) is 13.7. The van der Waals surface area contributed by atoms with Crippen LogP contribution in [0.3, 0.4) is 0 Å². The summed E-state index contributed by atoms with van der Waals surface area (Å²) in [5, 5.41) is 4.51. The van der Waals surface area contributed by atoms with Crippen molar-refractivity contribution >= 4 is 16.6 Å². The standard InChI is InChI=1S/C36H54N2O3/c1-5-8-10-12-13-17-24-38-33-26-31(37-27-30-20-15-14-16-21-30)22-23-32(33)34(40-25-18-11-9-6-2)35(36(38)39)41-28-29(4)19-7-3/h14-16,20-23,26,29,37H,5-13,17-19,24-25,27-28H2,1-4H3. The van der Waals surface area contributed by atoms with Gasteiger partial charge in [-0.25, -0.2) is 0 Å². The quantitative estimate of drug-likeness (QED) is 0.131. The second-order valence-electron chi connectivity index (χ2n) is 11.6. The molecule has 5 nitrogen and oxygen atoms in total. The Morgan fingerprint density at radius 3 is 2.22 bits per heavy atom. The van der Waals surface area contributed by atoms with Gasteiger partial charge in [-0.1, -0.05) is 116 Å². The molecule has 1 aromatic heterocycles. The SMILES string of the molecule is CCCCCCCCn1c(=O)c(OCC(C)CCC)c(OCCCCCC)c2ccc(NCc3ccccc3)cc21. The third kappa shape index (κ3) is 10.4. The van der Waals surface area contributed by atoms with Crippen LogP contribution in [0.4, 0.5) is 5.69 Å². The van der Waals surface area contributed by atoms with E-state index in [-0.39, 0.29) is 5.56 Å². The molecule has 3 rings (SSSR count). The Bertz CT molecular complexity index is 1200. The van der Waals surface area contributed by atoms with Crippen molar-refractivity contribution in [1.29, 1.82) is 0 Å². The monoisotopic (exact) mass is 562 g/mol. The van der Waals surface area contributed by atoms with Gasteiger partial charge in [-0.15, -0.1) is 0 Å². The number of nitrogens with zero attached hydrogens (tertiary/aromatic N) is 1. The molecule has 0 saturated heterocycles. The lowest BCUT2D eigenvalue weighted by atomic mass is 10.1. The van der Waals surface area contributed by atoms with E-state index >= 15 is 0 Å². The van der Waals surface area contributed by atoms with Gasteiger partial charge < -0.3 is 19.4 Å². The number of ether oxygens (including phenoxy) is 2. The van der Waals surface area contributed by atoms with Crippen LogP contribution >= 0.6 is 0 Å². The molecule has 0 radical (unpaired) electrons. The van der Waals surface area contributed by atoms with E-state index in [0.29, 0.717) is 37.2 Å². The van der Waals surface area contributed by atoms with Gasteiger partial charge in [0.25, 0.3) is 5.56 Å². The molecular weight excluding hydrogens is 508 g/mol. The summed E-state index contributed by atoms with van der Waals surface area (Å²) < 4.78 is 14.7. The van der Waals surface area contributed by atoms with E-state index in [0.717, 1.165) is 61.7 Å². The minimum absolute atomic E-state index is 0.0708. The molecule has 0 aliphatic carbocycles. The molecule has 1 heterocycles. The molecule has 1 unspecified atom stereocenters. The molecule has 2 aromatic carbocycles. The second-order valence-corrected chi connectivity index (χ2v) is 11.6. The summed E-state index contributed by atoms with van der Waals surface area (Å²) >= 11 is 0. The normalized spacial score (nSPS) is 12.0. The number of aromatic nitrogens is 1. The van der Waals surface area contributed by atoms with E-state index in [9.17, 15) is 4.79 Å². The van der Waals surface area contributed by atoms with Gasteiger partial charge in [0.05, 0.1) is 18.7 Å². The van der Waals surface area contributed by atoms with Crippen molar-refractivity contribution in [2.24, 2.45) is 5.92 Å². The average Bonchev–Trinajstić information content (AvgIpc) is 2.99. The first kappa shape index (κ1) is 32.6. The van der Waals surface area contributed by atoms with Crippen LogP contribution in [0.25, 0.3) is 10.9 Å². The predicted molar refractivity (Wildman–Crippen MR) is 175 cm³/mol. The topological polar surface area (TPSA) is 52.5 Å². The van der Waals surface area contributed by atoms with Gasteiger partial charge in [-0.05, 0) is 48.9 Å². The highest BCUT2D eigenvalue weighted by molar-refractivity contribution is 5.90. The van der Waals surface area contributed by atoms with E-state index in [1.807, 2.05) is 10.6 Å². The number of hydrogen-bond donors (Lipinski definition) is 1. The third-order valence-corrected chi connectivity index (χ3v) is 7.79. The van der Waals surface area contributed by atoms with Crippen LogP contribution in [0.1, 0.15) is 110 Å². The van der Waals surface area contributed by atoms with E-state index in [2.05, 4.69) is 75.5 Å². The maximum absolute atomic E-state index is 14.1. The molecule has 1 atom stereocenters. The number of aryl methyl sites for hydroxylation is 1. The van der Waals surface area contributed by atoms with Crippen molar-refractivity contribution in [2.75, 3.05) is 18.5 Å². The molecule has 41 heavy (non-hydrogen) atoms. The average molecular weight is 563 g/mol. The molecule has 1 N–H and O–H groups in total. The maximum Gasteiger partial charge on any atom is 0.297 e. The third-order valence-electron chi connectivity index (χ3n) is 7.79. The van der Waals surface area contributed by atoms with Gasteiger partial charge in [-0.3, -0.25) is 4.79 Å². The zero-order valence-electron chi connectivity index (χ0n) is 26.2. The number of benzene rings is 2. The van der Waals surface area contributed by atoms with Crippen LogP contribution in [0.15, 0.2) is 53.3 Å². The van der Waals surface area contributed by atoms with Crippen LogP contribution in [0.5, 0.6) is 11.5 Å². The lowest BCUT2D eigenvalue weighted by molar-refractivity contribution is 0.226. The Morgan fingerprint density at radius 1 is 0.780 bits per heavy atom. The number of pyridine rings is 1. The van der Waals surface area contributed by atoms with Crippen molar-refractivity contribution in [3.63, 3.8) is 0 Å². The molecule has 0 aliphatic rings. The number of fused-ring (bicyclic) bond motifs is 1. The van der Waals surface area contributed by atoms with Crippen molar-refractivity contribution in [3.05, 3.63) is 64.4 Å². The highest BCUT2D eigenvalue weighted by Crippen LogP contribution is 2.35. The fraction of sp³-hybridized carbons (Fsp3) is 0.583. The Kier molecular flexibility index (Phi) is 14.7. The Labute approximate surface area is 248 Å². The number of nitrogens with one attached hydrogen (secondary N) is 1. The molecule has 226 valence electrons. The van der Waals surface area contributed by atoms with Crippen molar-refractivity contribution in [1.82, 2.24) is 4.57 Å². The summed E-state index contributed by atoms with van der Waals surface area (Å²) in [5.74, 6) is 1.37. The van der Waals surface area contributed by atoms with Gasteiger partial charge in [0.1, 0.15) is 0 Å². The number of rotatable bonds is 21. The van der Waals surface area contributed by atoms with E-state index in [4.69, 9.17) is 9.47 Å². The van der Waals surface area contributed by atoms with Crippen LogP contribution in [-0.2, 0) is 13.1 Å². The second kappa shape index (κ2) is 18.5. The molecule has 0 bridgehead atoms. The molecule has 0 fully saturated rings. The van der Waals surface area contributed by atoms with Gasteiger partial charge in [0, 0.05) is 24.2 Å². The summed E-state index contributed by atoms with van der Waals surface area (Å²) in [5.41, 5.74) is 3.06. The number of anilines is 1. The van der Waals surface area contributed by atoms with Gasteiger partial charge in [-0.2, -0.15) is 0 Å². The van der Waals surface area contributed by atoms with Crippen molar-refractivity contribution in [3.8, 4) is 11.5 Å². The van der Waals surface area contributed by atoms with Crippen LogP contribution in [-0.4, -0.2) is 17.8 Å². The summed E-state index contributed by atoms with van der Waals surface area (Å²) in [6, 6.07) is 16.7. The summed E-state index contributed by atoms with van der Waals surface area (Å²) in [4.78, 5) is 14.1. The predicted octanol–water partition coefficient (Wildman–Crippen LogP) is 9.75. The zero-order chi connectivity index (χ0) is 29.3. The van der Waals surface area contributed by atoms with Crippen LogP contribution in [0, 0.1) is 5.92 Å². The number of unbranched alkanes of at least 4 members (excludes halogenated alkanes) is 8. The molecular formula is C36H54N2O3. The van der Waals surface area contributed by atoms with Crippen molar-refractivity contribution < 1.29 is 9.47 Å². The largest absolute Gasteiger partial charge is 0.489 e. The molecule has 0 spiro atoms. The van der Waals surface area contributed by atoms with Gasteiger partial charge in [0.2, 0.25) is 5.75 Å². The van der Waals surface area contributed by atoms with E-state index < -0.39 is 0 Å². The van der Waals surface area contributed by atoms with E-state index in [1.54, 1.807) is 0 Å².